The third-order valence-corrected chi connectivity index (χ3v) is 4.09. The van der Waals surface area contributed by atoms with E-state index in [1.54, 1.807) is 11.5 Å². The molecule has 3 heterocycles. The van der Waals surface area contributed by atoms with E-state index in [0.29, 0.717) is 16.8 Å². The summed E-state index contributed by atoms with van der Waals surface area (Å²) in [6, 6.07) is 2.19. The smallest absolute Gasteiger partial charge is 0.189 e. The molecule has 0 fully saturated rings. The fourth-order valence-corrected chi connectivity index (χ4v) is 3.10. The number of carbonyl (C=O) groups is 1. The van der Waals surface area contributed by atoms with Gasteiger partial charge in [-0.15, -0.1) is 5.10 Å². The molecule has 0 saturated carbocycles. The van der Waals surface area contributed by atoms with Crippen LogP contribution in [0.3, 0.4) is 0 Å². The van der Waals surface area contributed by atoms with E-state index in [2.05, 4.69) is 20.2 Å². The van der Waals surface area contributed by atoms with Crippen molar-refractivity contribution in [3.63, 3.8) is 0 Å². The fourth-order valence-electron chi connectivity index (χ4n) is 2.68. The van der Waals surface area contributed by atoms with Gasteiger partial charge in [-0.05, 0) is 43.4 Å². The molecule has 0 bridgehead atoms. The second-order valence-corrected chi connectivity index (χ2v) is 5.29. The minimum absolute atomic E-state index is 0.144. The maximum atomic E-state index is 12.3. The lowest BCUT2D eigenvalue weighted by Crippen LogP contribution is -2.01. The van der Waals surface area contributed by atoms with Gasteiger partial charge in [-0.3, -0.25) is 4.79 Å². The van der Waals surface area contributed by atoms with Crippen LogP contribution in [0.15, 0.2) is 11.5 Å². The molecule has 5 nitrogen and oxygen atoms in total. The molecule has 1 aliphatic heterocycles. The quantitative estimate of drug-likeness (QED) is 0.640. The first kappa shape index (κ1) is 12.8. The van der Waals surface area contributed by atoms with Crippen molar-refractivity contribution in [3.8, 4) is 6.07 Å². The van der Waals surface area contributed by atoms with E-state index in [-0.39, 0.29) is 5.78 Å². The Morgan fingerprint density at radius 3 is 3.15 bits per heavy atom. The number of aromatic nitrogens is 3. The summed E-state index contributed by atoms with van der Waals surface area (Å²) >= 11 is 1.24. The van der Waals surface area contributed by atoms with E-state index in [0.717, 1.165) is 30.8 Å². The average Bonchev–Trinajstić information content (AvgIpc) is 3.14. The van der Waals surface area contributed by atoms with Crippen LogP contribution >= 0.6 is 11.5 Å². The monoisotopic (exact) mass is 284 g/mol. The van der Waals surface area contributed by atoms with Gasteiger partial charge in [-0.25, -0.2) is 0 Å². The first-order chi connectivity index (χ1) is 9.72. The predicted octanol–water partition coefficient (Wildman–Crippen LogP) is 2.36. The lowest BCUT2D eigenvalue weighted by atomic mass is 10.0. The number of ketones is 1. The highest BCUT2D eigenvalue weighted by atomic mass is 32.1. The van der Waals surface area contributed by atoms with Gasteiger partial charge in [0.05, 0.1) is 16.8 Å². The van der Waals surface area contributed by atoms with Crippen molar-refractivity contribution in [2.45, 2.75) is 26.3 Å². The Morgan fingerprint density at radius 2 is 2.45 bits per heavy atom. The molecular formula is C14H12N4OS. The van der Waals surface area contributed by atoms with Crippen molar-refractivity contribution in [2.24, 2.45) is 0 Å². The number of hydrogen-bond acceptors (Lipinski definition) is 5. The SMILES string of the molecule is Cc1c(C(=O)/C=C\c2csnn2)c(C#N)c2n1CCC2. The third kappa shape index (κ3) is 1.96. The Hall–Kier alpha value is -2.26. The van der Waals surface area contributed by atoms with Gasteiger partial charge in [0, 0.05) is 23.3 Å². The van der Waals surface area contributed by atoms with E-state index in [1.807, 2.05) is 6.92 Å². The van der Waals surface area contributed by atoms with Gasteiger partial charge >= 0.3 is 0 Å². The molecule has 0 aromatic carbocycles. The fraction of sp³-hybridized carbons (Fsp3) is 0.286. The molecule has 0 saturated heterocycles. The molecule has 0 N–H and O–H groups in total. The van der Waals surface area contributed by atoms with Crippen LogP contribution in [-0.2, 0) is 13.0 Å². The number of nitrogens with zero attached hydrogens (tertiary/aromatic N) is 4. The van der Waals surface area contributed by atoms with Crippen molar-refractivity contribution in [2.75, 3.05) is 0 Å². The molecule has 0 aliphatic carbocycles. The van der Waals surface area contributed by atoms with Gasteiger partial charge in [0.1, 0.15) is 6.07 Å². The average molecular weight is 284 g/mol. The third-order valence-electron chi connectivity index (χ3n) is 3.57. The molecule has 0 radical (unpaired) electrons. The van der Waals surface area contributed by atoms with Gasteiger partial charge in [0.25, 0.3) is 0 Å². The molecule has 0 unspecified atom stereocenters. The van der Waals surface area contributed by atoms with E-state index in [1.165, 1.54) is 17.6 Å². The summed E-state index contributed by atoms with van der Waals surface area (Å²) in [6.07, 6.45) is 5.02. The van der Waals surface area contributed by atoms with E-state index in [9.17, 15) is 10.1 Å². The largest absolute Gasteiger partial charge is 0.347 e. The van der Waals surface area contributed by atoms with Crippen LogP contribution in [-0.4, -0.2) is 19.9 Å². The van der Waals surface area contributed by atoms with Crippen molar-refractivity contribution in [1.82, 2.24) is 14.2 Å². The lowest BCUT2D eigenvalue weighted by Gasteiger charge is -2.01. The second-order valence-electron chi connectivity index (χ2n) is 4.68. The van der Waals surface area contributed by atoms with Crippen LogP contribution in [0.25, 0.3) is 6.08 Å². The Morgan fingerprint density at radius 1 is 1.60 bits per heavy atom. The Labute approximate surface area is 120 Å². The van der Waals surface area contributed by atoms with Crippen LogP contribution < -0.4 is 0 Å². The summed E-state index contributed by atoms with van der Waals surface area (Å²) in [7, 11) is 0. The van der Waals surface area contributed by atoms with Crippen molar-refractivity contribution in [3.05, 3.63) is 39.7 Å². The van der Waals surface area contributed by atoms with Gasteiger partial charge in [-0.1, -0.05) is 4.49 Å². The number of hydrogen-bond donors (Lipinski definition) is 0. The topological polar surface area (TPSA) is 71.6 Å². The number of rotatable bonds is 3. The van der Waals surface area contributed by atoms with Crippen LogP contribution in [0.5, 0.6) is 0 Å². The molecule has 0 spiro atoms. The molecule has 2 aromatic heterocycles. The van der Waals surface area contributed by atoms with Gasteiger partial charge in [0.15, 0.2) is 5.78 Å². The van der Waals surface area contributed by atoms with Crippen LogP contribution in [0.2, 0.25) is 0 Å². The molecule has 100 valence electrons. The Bertz CT molecular complexity index is 734. The minimum Gasteiger partial charge on any atom is -0.347 e. The van der Waals surface area contributed by atoms with E-state index >= 15 is 0 Å². The molecule has 6 heteroatoms. The summed E-state index contributed by atoms with van der Waals surface area (Å²) in [6.45, 7) is 2.80. The molecule has 3 rings (SSSR count). The minimum atomic E-state index is -0.144. The maximum Gasteiger partial charge on any atom is 0.189 e. The molecule has 20 heavy (non-hydrogen) atoms. The summed E-state index contributed by atoms with van der Waals surface area (Å²) in [5, 5.41) is 15.0. The van der Waals surface area contributed by atoms with Gasteiger partial charge in [0.2, 0.25) is 0 Å². The zero-order valence-electron chi connectivity index (χ0n) is 11.0. The highest BCUT2D eigenvalue weighted by Gasteiger charge is 2.26. The summed E-state index contributed by atoms with van der Waals surface area (Å²) in [4.78, 5) is 12.3. The Balaban J connectivity index is 1.99. The zero-order valence-corrected chi connectivity index (χ0v) is 11.8. The number of fused-ring (bicyclic) bond motifs is 1. The predicted molar refractivity (Wildman–Crippen MR) is 75.5 cm³/mol. The van der Waals surface area contributed by atoms with Crippen LogP contribution in [0.4, 0.5) is 0 Å². The van der Waals surface area contributed by atoms with Gasteiger partial charge < -0.3 is 4.57 Å². The molecule has 1 aliphatic rings. The van der Waals surface area contributed by atoms with E-state index < -0.39 is 0 Å². The van der Waals surface area contributed by atoms with Crippen molar-refractivity contribution >= 4 is 23.4 Å². The normalized spacial score (nSPS) is 13.6. The summed E-state index contributed by atoms with van der Waals surface area (Å²) < 4.78 is 5.82. The van der Waals surface area contributed by atoms with Crippen LogP contribution in [0, 0.1) is 18.3 Å². The number of allylic oxidation sites excluding steroid dienone is 1. The first-order valence-corrected chi connectivity index (χ1v) is 7.17. The zero-order chi connectivity index (χ0) is 14.1. The Kier molecular flexibility index (Phi) is 3.20. The molecular weight excluding hydrogens is 272 g/mol. The van der Waals surface area contributed by atoms with Crippen molar-refractivity contribution in [1.29, 1.82) is 5.26 Å². The summed E-state index contributed by atoms with van der Waals surface area (Å²) in [5.41, 5.74) is 3.61. The summed E-state index contributed by atoms with van der Waals surface area (Å²) in [5.74, 6) is -0.144. The molecule has 2 aromatic rings. The number of carbonyl (C=O) groups excluding carboxylic acids is 1. The number of nitriles is 1. The first-order valence-electron chi connectivity index (χ1n) is 6.34. The lowest BCUT2D eigenvalue weighted by molar-refractivity contribution is 0.104. The van der Waals surface area contributed by atoms with Crippen LogP contribution in [0.1, 0.15) is 39.4 Å². The highest BCUT2D eigenvalue weighted by Crippen LogP contribution is 2.28. The molecule has 0 atom stereocenters. The highest BCUT2D eigenvalue weighted by molar-refractivity contribution is 7.03. The standard InChI is InChI=1S/C14H12N4OS/c1-9-14(11(7-15)12-3-2-6-18(9)12)13(19)5-4-10-8-20-17-16-10/h4-5,8H,2-3,6H2,1H3/b5-4-. The second kappa shape index (κ2) is 5.02. The van der Waals surface area contributed by atoms with E-state index in [4.69, 9.17) is 0 Å². The molecule has 0 amide bonds. The van der Waals surface area contributed by atoms with Crippen molar-refractivity contribution < 1.29 is 4.79 Å². The maximum absolute atomic E-state index is 12.3. The van der Waals surface area contributed by atoms with Gasteiger partial charge in [-0.2, -0.15) is 5.26 Å².